The monoisotopic (exact) mass is 417 g/mol. The van der Waals surface area contributed by atoms with Gasteiger partial charge >= 0.3 is 5.97 Å². The standard InChI is InChI=1S/C24H19NO6/c1-28-19-12-14(13-20(29-2)23(19)30-3)24(27)31-25-21-15-8-4-6-10-17(15)22(26)18-11-7-5-9-16(18)21/h4-13H,1-3H3. The van der Waals surface area contributed by atoms with Crippen LogP contribution >= 0.6 is 0 Å². The summed E-state index contributed by atoms with van der Waals surface area (Å²) in [5.74, 6) is 0.196. The first kappa shape index (κ1) is 20.2. The number of oxime groups is 1. The lowest BCUT2D eigenvalue weighted by atomic mass is 9.84. The normalized spacial score (nSPS) is 11.8. The quantitative estimate of drug-likeness (QED) is 0.362. The van der Waals surface area contributed by atoms with Crippen molar-refractivity contribution in [3.63, 3.8) is 0 Å². The number of ether oxygens (including phenoxy) is 3. The fraction of sp³-hybridized carbons (Fsp3) is 0.125. The SMILES string of the molecule is COc1cc(C(=O)ON=C2c3ccccc3C(=O)c3ccccc32)cc(OC)c1OC. The fourth-order valence-corrected chi connectivity index (χ4v) is 3.50. The van der Waals surface area contributed by atoms with Crippen molar-refractivity contribution in [3.05, 3.63) is 88.5 Å². The molecule has 0 N–H and O–H groups in total. The van der Waals surface area contributed by atoms with E-state index in [0.717, 1.165) is 0 Å². The van der Waals surface area contributed by atoms with E-state index < -0.39 is 5.97 Å². The van der Waals surface area contributed by atoms with Crippen molar-refractivity contribution in [3.8, 4) is 17.2 Å². The second kappa shape index (κ2) is 8.31. The van der Waals surface area contributed by atoms with Gasteiger partial charge in [0.05, 0.1) is 26.9 Å². The fourth-order valence-electron chi connectivity index (χ4n) is 3.50. The number of hydrogen-bond acceptors (Lipinski definition) is 7. The van der Waals surface area contributed by atoms with Gasteiger partial charge in [-0.15, -0.1) is 0 Å². The number of ketones is 1. The Morgan fingerprint density at radius 3 is 1.68 bits per heavy atom. The molecule has 0 radical (unpaired) electrons. The first-order valence-electron chi connectivity index (χ1n) is 9.42. The molecule has 0 saturated carbocycles. The van der Waals surface area contributed by atoms with Gasteiger partial charge in [0.1, 0.15) is 5.71 Å². The number of carbonyl (C=O) groups excluding carboxylic acids is 2. The van der Waals surface area contributed by atoms with Gasteiger partial charge in [-0.3, -0.25) is 4.79 Å². The molecule has 0 aromatic heterocycles. The number of rotatable bonds is 5. The molecule has 7 heteroatoms. The van der Waals surface area contributed by atoms with E-state index in [0.29, 0.717) is 45.2 Å². The third-order valence-electron chi connectivity index (χ3n) is 4.97. The van der Waals surface area contributed by atoms with Crippen LogP contribution in [-0.2, 0) is 4.84 Å². The molecule has 0 atom stereocenters. The predicted molar refractivity (Wildman–Crippen MR) is 113 cm³/mol. The molecule has 1 aliphatic carbocycles. The van der Waals surface area contributed by atoms with E-state index in [2.05, 4.69) is 5.16 Å². The molecule has 3 aromatic carbocycles. The number of nitrogens with zero attached hydrogens (tertiary/aromatic N) is 1. The maximum absolute atomic E-state index is 12.8. The number of fused-ring (bicyclic) bond motifs is 2. The van der Waals surface area contributed by atoms with Gasteiger partial charge in [0.2, 0.25) is 5.75 Å². The molecular weight excluding hydrogens is 398 g/mol. The van der Waals surface area contributed by atoms with Crippen LogP contribution in [0.1, 0.15) is 37.4 Å². The van der Waals surface area contributed by atoms with Crippen molar-refractivity contribution >= 4 is 17.5 Å². The van der Waals surface area contributed by atoms with E-state index >= 15 is 0 Å². The number of benzene rings is 3. The Hall–Kier alpha value is -4.13. The first-order valence-corrected chi connectivity index (χ1v) is 9.42. The lowest BCUT2D eigenvalue weighted by Gasteiger charge is -2.19. The Kier molecular flexibility index (Phi) is 5.41. The average Bonchev–Trinajstić information content (AvgIpc) is 2.82. The highest BCUT2D eigenvalue weighted by molar-refractivity contribution is 6.30. The second-order valence-corrected chi connectivity index (χ2v) is 6.65. The molecule has 0 spiro atoms. The van der Waals surface area contributed by atoms with E-state index in [4.69, 9.17) is 19.0 Å². The summed E-state index contributed by atoms with van der Waals surface area (Å²) in [5.41, 5.74) is 2.79. The Balaban J connectivity index is 1.74. The van der Waals surface area contributed by atoms with Crippen molar-refractivity contribution in [2.24, 2.45) is 5.16 Å². The van der Waals surface area contributed by atoms with Crippen LogP contribution in [0.2, 0.25) is 0 Å². The van der Waals surface area contributed by atoms with Crippen molar-refractivity contribution in [2.45, 2.75) is 0 Å². The minimum Gasteiger partial charge on any atom is -0.493 e. The average molecular weight is 417 g/mol. The molecule has 1 aliphatic rings. The molecule has 0 aliphatic heterocycles. The van der Waals surface area contributed by atoms with E-state index in [1.54, 1.807) is 48.5 Å². The van der Waals surface area contributed by atoms with Crippen LogP contribution in [0.25, 0.3) is 0 Å². The summed E-state index contributed by atoms with van der Waals surface area (Å²) in [5, 5.41) is 4.13. The van der Waals surface area contributed by atoms with Crippen LogP contribution in [0, 0.1) is 0 Å². The molecule has 0 bridgehead atoms. The topological polar surface area (TPSA) is 83.4 Å². The van der Waals surface area contributed by atoms with Crippen molar-refractivity contribution in [2.75, 3.05) is 21.3 Å². The van der Waals surface area contributed by atoms with Gasteiger partial charge in [0.15, 0.2) is 17.3 Å². The van der Waals surface area contributed by atoms with Gasteiger partial charge in [-0.25, -0.2) is 4.79 Å². The molecule has 0 amide bonds. The Morgan fingerprint density at radius 2 is 1.23 bits per heavy atom. The summed E-state index contributed by atoms with van der Waals surface area (Å²) in [4.78, 5) is 30.9. The molecule has 0 saturated heterocycles. The van der Waals surface area contributed by atoms with Crippen LogP contribution in [-0.4, -0.2) is 38.8 Å². The third-order valence-corrected chi connectivity index (χ3v) is 4.97. The highest BCUT2D eigenvalue weighted by Gasteiger charge is 2.28. The minimum atomic E-state index is -0.710. The van der Waals surface area contributed by atoms with Crippen LogP contribution < -0.4 is 14.2 Å². The lowest BCUT2D eigenvalue weighted by molar-refractivity contribution is 0.0516. The first-order chi connectivity index (χ1) is 15.1. The largest absolute Gasteiger partial charge is 0.493 e. The zero-order chi connectivity index (χ0) is 22.0. The van der Waals surface area contributed by atoms with Crippen LogP contribution in [0.5, 0.6) is 17.2 Å². The van der Waals surface area contributed by atoms with Gasteiger partial charge < -0.3 is 19.0 Å². The molecule has 31 heavy (non-hydrogen) atoms. The van der Waals surface area contributed by atoms with Crippen molar-refractivity contribution in [1.29, 1.82) is 0 Å². The molecule has 3 aromatic rings. The summed E-state index contributed by atoms with van der Waals surface area (Å²) in [7, 11) is 4.39. The zero-order valence-electron chi connectivity index (χ0n) is 17.2. The molecule has 0 unspecified atom stereocenters. The third kappa shape index (κ3) is 3.50. The second-order valence-electron chi connectivity index (χ2n) is 6.65. The molecule has 0 fully saturated rings. The van der Waals surface area contributed by atoms with E-state index in [1.807, 2.05) is 0 Å². The van der Waals surface area contributed by atoms with Crippen LogP contribution in [0.3, 0.4) is 0 Å². The number of hydrogen-bond donors (Lipinski definition) is 0. The minimum absolute atomic E-state index is 0.0962. The Labute approximate surface area is 178 Å². The summed E-state index contributed by atoms with van der Waals surface area (Å²) in [6.45, 7) is 0. The van der Waals surface area contributed by atoms with Crippen molar-refractivity contribution < 1.29 is 28.6 Å². The van der Waals surface area contributed by atoms with Crippen LogP contribution in [0.4, 0.5) is 0 Å². The highest BCUT2D eigenvalue weighted by Crippen LogP contribution is 2.38. The Morgan fingerprint density at radius 1 is 0.742 bits per heavy atom. The number of methoxy groups -OCH3 is 3. The molecule has 7 nitrogen and oxygen atoms in total. The smallest absolute Gasteiger partial charge is 0.366 e. The van der Waals surface area contributed by atoms with Gasteiger partial charge in [-0.2, -0.15) is 0 Å². The lowest BCUT2D eigenvalue weighted by Crippen LogP contribution is -2.22. The zero-order valence-corrected chi connectivity index (χ0v) is 17.2. The summed E-state index contributed by atoms with van der Waals surface area (Å²) in [6, 6.07) is 17.1. The van der Waals surface area contributed by atoms with E-state index in [1.165, 1.54) is 33.5 Å². The summed E-state index contributed by atoms with van der Waals surface area (Å²) < 4.78 is 15.8. The predicted octanol–water partition coefficient (Wildman–Crippen LogP) is 3.87. The molecule has 4 rings (SSSR count). The molecule has 156 valence electrons. The van der Waals surface area contributed by atoms with Crippen LogP contribution in [0.15, 0.2) is 65.8 Å². The van der Waals surface area contributed by atoms with Gasteiger partial charge in [0.25, 0.3) is 0 Å². The van der Waals surface area contributed by atoms with Crippen molar-refractivity contribution in [1.82, 2.24) is 0 Å². The Bertz CT molecular complexity index is 1140. The van der Waals surface area contributed by atoms with E-state index in [9.17, 15) is 9.59 Å². The van der Waals surface area contributed by atoms with Gasteiger partial charge in [-0.1, -0.05) is 53.7 Å². The van der Waals surface area contributed by atoms with E-state index in [-0.39, 0.29) is 11.3 Å². The maximum atomic E-state index is 12.8. The van der Waals surface area contributed by atoms with Gasteiger partial charge in [0, 0.05) is 22.3 Å². The summed E-state index contributed by atoms with van der Waals surface area (Å²) in [6.07, 6.45) is 0. The maximum Gasteiger partial charge on any atom is 0.366 e. The summed E-state index contributed by atoms with van der Waals surface area (Å²) >= 11 is 0. The molecular formula is C24H19NO6. The highest BCUT2D eigenvalue weighted by atomic mass is 16.7. The number of carbonyl (C=O) groups is 2. The van der Waals surface area contributed by atoms with Gasteiger partial charge in [-0.05, 0) is 12.1 Å². The molecule has 0 heterocycles.